The van der Waals surface area contributed by atoms with E-state index in [0.717, 1.165) is 5.56 Å². The number of rotatable bonds is 7. The third kappa shape index (κ3) is 6.53. The van der Waals surface area contributed by atoms with Gasteiger partial charge < -0.3 is 19.4 Å². The highest BCUT2D eigenvalue weighted by molar-refractivity contribution is 7.87. The number of methoxy groups -OCH3 is 1. The molecule has 0 bridgehead atoms. The van der Waals surface area contributed by atoms with Gasteiger partial charge in [0.1, 0.15) is 28.2 Å². The molecule has 0 radical (unpaired) electrons. The minimum atomic E-state index is -4.10. The fraction of sp³-hybridized carbons (Fsp3) is 0.364. The summed E-state index contributed by atoms with van der Waals surface area (Å²) in [5, 5.41) is 0. The molecule has 0 saturated heterocycles. The van der Waals surface area contributed by atoms with Gasteiger partial charge >= 0.3 is 22.1 Å². The van der Waals surface area contributed by atoms with E-state index in [1.807, 2.05) is 6.92 Å². The number of aryl methyl sites for hydroxylation is 1. The lowest BCUT2D eigenvalue weighted by molar-refractivity contribution is -0.160. The molecule has 0 saturated carbocycles. The topological polar surface area (TPSA) is 122 Å². The predicted octanol–water partition coefficient (Wildman–Crippen LogP) is 2.69. The summed E-state index contributed by atoms with van der Waals surface area (Å²) in [4.78, 5) is 24.8. The van der Waals surface area contributed by atoms with Gasteiger partial charge in [-0.15, -0.1) is 0 Å². The first-order valence-corrected chi connectivity index (χ1v) is 10.9. The third-order valence-electron chi connectivity index (χ3n) is 4.23. The molecule has 0 amide bonds. The van der Waals surface area contributed by atoms with Crippen molar-refractivity contribution in [2.75, 3.05) is 7.11 Å². The van der Waals surface area contributed by atoms with Gasteiger partial charge in [0, 0.05) is 0 Å². The van der Waals surface area contributed by atoms with Crippen LogP contribution in [0.15, 0.2) is 53.4 Å². The molecule has 8 nitrogen and oxygen atoms in total. The largest absolute Gasteiger partial charge is 0.468 e. The van der Waals surface area contributed by atoms with Crippen molar-refractivity contribution < 1.29 is 31.7 Å². The van der Waals surface area contributed by atoms with Gasteiger partial charge in [-0.05, 0) is 57.5 Å². The molecule has 0 aliphatic rings. The second kappa shape index (κ2) is 9.49. The van der Waals surface area contributed by atoms with Crippen LogP contribution in [0.4, 0.5) is 0 Å². The van der Waals surface area contributed by atoms with Gasteiger partial charge in [0.25, 0.3) is 0 Å². The van der Waals surface area contributed by atoms with E-state index in [1.165, 1.54) is 43.5 Å². The lowest BCUT2D eigenvalue weighted by Crippen LogP contribution is -2.44. The second-order valence-corrected chi connectivity index (χ2v) is 9.53. The molecule has 9 heteroatoms. The average molecular weight is 450 g/mol. The minimum Gasteiger partial charge on any atom is -0.468 e. The average Bonchev–Trinajstić information content (AvgIpc) is 2.67. The van der Waals surface area contributed by atoms with Crippen LogP contribution >= 0.6 is 0 Å². The standard InChI is InChI=1S/C22H27NO7S/c1-14-9-11-17(12-10-14)31(26,27)30-16-8-6-7-15(13-16)18(20(24)28-5)19(23)21(25)29-22(2,3)4/h6-13,18-19H,23H2,1-5H3. The number of ether oxygens (including phenoxy) is 2. The maximum atomic E-state index is 12.6. The quantitative estimate of drug-likeness (QED) is 0.506. The lowest BCUT2D eigenvalue weighted by Gasteiger charge is -2.26. The number of carbonyl (C=O) groups is 2. The Bertz CT molecular complexity index is 1040. The van der Waals surface area contributed by atoms with Gasteiger partial charge in [-0.2, -0.15) is 8.42 Å². The smallest absolute Gasteiger partial charge is 0.339 e. The highest BCUT2D eigenvalue weighted by Gasteiger charge is 2.36. The molecule has 2 aromatic carbocycles. The summed E-state index contributed by atoms with van der Waals surface area (Å²) in [6, 6.07) is 10.6. The first-order valence-electron chi connectivity index (χ1n) is 9.51. The molecule has 0 aliphatic heterocycles. The Morgan fingerprint density at radius 3 is 2.16 bits per heavy atom. The van der Waals surface area contributed by atoms with Crippen LogP contribution in [0.25, 0.3) is 0 Å². The van der Waals surface area contributed by atoms with E-state index in [9.17, 15) is 18.0 Å². The maximum Gasteiger partial charge on any atom is 0.339 e. The Balaban J connectivity index is 2.35. The van der Waals surface area contributed by atoms with Crippen molar-refractivity contribution in [3.8, 4) is 5.75 Å². The Labute approximate surface area is 182 Å². The number of hydrogen-bond donors (Lipinski definition) is 1. The van der Waals surface area contributed by atoms with Crippen LogP contribution in [0.5, 0.6) is 5.75 Å². The zero-order valence-electron chi connectivity index (χ0n) is 18.1. The van der Waals surface area contributed by atoms with Crippen molar-refractivity contribution in [3.05, 3.63) is 59.7 Å². The number of benzene rings is 2. The maximum absolute atomic E-state index is 12.6. The molecule has 2 unspecified atom stereocenters. The first-order chi connectivity index (χ1) is 14.3. The van der Waals surface area contributed by atoms with E-state index in [4.69, 9.17) is 19.4 Å². The summed E-state index contributed by atoms with van der Waals surface area (Å²) in [5.41, 5.74) is 6.37. The minimum absolute atomic E-state index is 0.0153. The SMILES string of the molecule is COC(=O)C(c1cccc(OS(=O)(=O)c2ccc(C)cc2)c1)C(N)C(=O)OC(C)(C)C. The monoisotopic (exact) mass is 449 g/mol. The Morgan fingerprint density at radius 2 is 1.61 bits per heavy atom. The molecule has 2 atom stereocenters. The van der Waals surface area contributed by atoms with Crippen LogP contribution in [0.1, 0.15) is 37.8 Å². The zero-order valence-corrected chi connectivity index (χ0v) is 18.9. The highest BCUT2D eigenvalue weighted by atomic mass is 32.2. The number of carbonyl (C=O) groups excluding carboxylic acids is 2. The summed E-state index contributed by atoms with van der Waals surface area (Å²) in [7, 11) is -2.93. The fourth-order valence-electron chi connectivity index (χ4n) is 2.76. The van der Waals surface area contributed by atoms with E-state index in [-0.39, 0.29) is 16.2 Å². The van der Waals surface area contributed by atoms with Crippen LogP contribution in [-0.2, 0) is 29.2 Å². The second-order valence-electron chi connectivity index (χ2n) is 7.98. The Hall–Kier alpha value is -2.91. The van der Waals surface area contributed by atoms with E-state index in [0.29, 0.717) is 0 Å². The van der Waals surface area contributed by atoms with Crippen molar-refractivity contribution in [1.82, 2.24) is 0 Å². The van der Waals surface area contributed by atoms with Crippen molar-refractivity contribution >= 4 is 22.1 Å². The summed E-state index contributed by atoms with van der Waals surface area (Å²) < 4.78 is 40.4. The lowest BCUT2D eigenvalue weighted by atomic mass is 9.91. The molecule has 168 valence electrons. The summed E-state index contributed by atoms with van der Waals surface area (Å²) in [6.45, 7) is 6.86. The van der Waals surface area contributed by atoms with Gasteiger partial charge in [0.15, 0.2) is 0 Å². The van der Waals surface area contributed by atoms with Crippen LogP contribution in [0.3, 0.4) is 0 Å². The number of esters is 2. The molecular formula is C22H27NO7S. The molecule has 0 aromatic heterocycles. The van der Waals surface area contributed by atoms with Crippen LogP contribution in [0, 0.1) is 6.92 Å². The summed E-state index contributed by atoms with van der Waals surface area (Å²) >= 11 is 0. The fourth-order valence-corrected chi connectivity index (χ4v) is 3.69. The third-order valence-corrected chi connectivity index (χ3v) is 5.49. The van der Waals surface area contributed by atoms with Crippen LogP contribution in [0.2, 0.25) is 0 Å². The normalized spacial score (nSPS) is 13.7. The van der Waals surface area contributed by atoms with E-state index >= 15 is 0 Å². The highest BCUT2D eigenvalue weighted by Crippen LogP contribution is 2.27. The first kappa shape index (κ1) is 24.4. The molecule has 0 spiro atoms. The van der Waals surface area contributed by atoms with E-state index < -0.39 is 39.6 Å². The van der Waals surface area contributed by atoms with Gasteiger partial charge in [-0.25, -0.2) is 0 Å². The van der Waals surface area contributed by atoms with Crippen molar-refractivity contribution in [2.24, 2.45) is 5.73 Å². The molecule has 31 heavy (non-hydrogen) atoms. The van der Waals surface area contributed by atoms with Crippen molar-refractivity contribution in [2.45, 2.75) is 50.2 Å². The molecular weight excluding hydrogens is 422 g/mol. The zero-order chi connectivity index (χ0) is 23.4. The van der Waals surface area contributed by atoms with E-state index in [1.54, 1.807) is 32.9 Å². The van der Waals surface area contributed by atoms with Crippen molar-refractivity contribution in [3.63, 3.8) is 0 Å². The van der Waals surface area contributed by atoms with Crippen molar-refractivity contribution in [1.29, 1.82) is 0 Å². The molecule has 0 aliphatic carbocycles. The molecule has 0 heterocycles. The van der Waals surface area contributed by atoms with Gasteiger partial charge in [-0.3, -0.25) is 9.59 Å². The number of nitrogens with two attached hydrogens (primary N) is 1. The Kier molecular flexibility index (Phi) is 7.45. The van der Waals surface area contributed by atoms with E-state index in [2.05, 4.69) is 0 Å². The number of hydrogen-bond acceptors (Lipinski definition) is 8. The van der Waals surface area contributed by atoms with Crippen LogP contribution < -0.4 is 9.92 Å². The summed E-state index contributed by atoms with van der Waals surface area (Å²) in [6.07, 6.45) is 0. The molecule has 2 N–H and O–H groups in total. The van der Waals surface area contributed by atoms with Gasteiger partial charge in [-0.1, -0.05) is 29.8 Å². The molecule has 2 rings (SSSR count). The molecule has 2 aromatic rings. The van der Waals surface area contributed by atoms with Gasteiger partial charge in [0.05, 0.1) is 7.11 Å². The van der Waals surface area contributed by atoms with Crippen LogP contribution in [-0.4, -0.2) is 39.1 Å². The predicted molar refractivity (Wildman–Crippen MR) is 114 cm³/mol. The Morgan fingerprint density at radius 1 is 1.00 bits per heavy atom. The summed E-state index contributed by atoms with van der Waals surface area (Å²) in [5.74, 6) is -2.81. The molecule has 0 fully saturated rings. The van der Waals surface area contributed by atoms with Gasteiger partial charge in [0.2, 0.25) is 0 Å².